The molecule has 7 N–H and O–H groups in total. The van der Waals surface area contributed by atoms with E-state index in [4.69, 9.17) is 38.3 Å². The molecule has 16 heteroatoms. The molecule has 0 saturated carbocycles. The Hall–Kier alpha value is -6.26. The second kappa shape index (κ2) is 25.2. The zero-order chi connectivity index (χ0) is 51.4. The van der Waals surface area contributed by atoms with Gasteiger partial charge in [0.2, 0.25) is 17.7 Å². The summed E-state index contributed by atoms with van der Waals surface area (Å²) in [6.07, 6.45) is 1.30. The normalized spacial score (nSPS) is 19.0. The molecule has 1 unspecified atom stereocenters. The molecule has 2 aliphatic heterocycles. The fourth-order valence-electron chi connectivity index (χ4n) is 9.55. The van der Waals surface area contributed by atoms with Crippen LogP contribution in [0.5, 0.6) is 11.5 Å². The molecular weight excluding hydrogens is 924 g/mol. The van der Waals surface area contributed by atoms with Crippen LogP contribution in [0.2, 0.25) is 5.02 Å². The molecule has 71 heavy (non-hydrogen) atoms. The summed E-state index contributed by atoms with van der Waals surface area (Å²) in [5.74, 6) is -4.35. The van der Waals surface area contributed by atoms with Gasteiger partial charge in [0.1, 0.15) is 30.8 Å². The van der Waals surface area contributed by atoms with Crippen LogP contribution < -0.4 is 32.0 Å². The van der Waals surface area contributed by atoms with Crippen molar-refractivity contribution in [1.29, 1.82) is 0 Å². The van der Waals surface area contributed by atoms with Gasteiger partial charge in [0, 0.05) is 85.4 Å². The first-order valence-corrected chi connectivity index (χ1v) is 24.9. The van der Waals surface area contributed by atoms with Gasteiger partial charge >= 0.3 is 0 Å². The fraction of sp³-hybridized carbons (Fsp3) is 0.436. The van der Waals surface area contributed by atoms with Crippen LogP contribution in [-0.4, -0.2) is 109 Å². The molecule has 0 spiro atoms. The lowest BCUT2D eigenvalue weighted by molar-refractivity contribution is -0.142. The molecule has 0 aromatic heterocycles. The standard InChI is InChI=1S/C55H67ClN6O9/c1-33-27-49(66)52(61(4)55(69)41(7-5-21-57)32-47(64)39-12-10-37(11-13-39)38-14-17-42(56)18-15-38)40-16-20-51(71-26-23-59)44(31-40)43-29-36(9-19-50(43)70-25-22-58)30-45(60-53(33)67)48(65)28-34(2)54(68)62-24-6-8-46(62)35(3)63/h9-20,29,31,33-34,41,45-46,52H,5-8,21-28,30,32,57-59H2,1-4H3,(H,60,67)/t33-,34-,41-,45+,46?,52+/m1/s1. The van der Waals surface area contributed by atoms with E-state index in [1.54, 1.807) is 73.3 Å². The van der Waals surface area contributed by atoms with E-state index in [1.807, 2.05) is 30.3 Å². The number of ketones is 4. The Morgan fingerprint density at radius 3 is 2.06 bits per heavy atom. The highest BCUT2D eigenvalue weighted by Crippen LogP contribution is 2.41. The number of nitrogens with two attached hydrogens (primary N) is 3. The number of fused-ring (bicyclic) bond motifs is 5. The van der Waals surface area contributed by atoms with E-state index in [-0.39, 0.29) is 82.4 Å². The van der Waals surface area contributed by atoms with Crippen molar-refractivity contribution in [2.45, 2.75) is 90.3 Å². The number of carbonyl (C=O) groups is 7. The summed E-state index contributed by atoms with van der Waals surface area (Å²) in [6.45, 7) is 6.07. The fourth-order valence-corrected chi connectivity index (χ4v) is 9.68. The van der Waals surface area contributed by atoms with E-state index in [1.165, 1.54) is 18.9 Å². The van der Waals surface area contributed by atoms with E-state index in [0.717, 1.165) is 11.1 Å². The van der Waals surface area contributed by atoms with Gasteiger partial charge in [-0.15, -0.1) is 0 Å². The van der Waals surface area contributed by atoms with Crippen molar-refractivity contribution in [3.8, 4) is 33.8 Å². The van der Waals surface area contributed by atoms with Gasteiger partial charge in [0.15, 0.2) is 23.1 Å². The number of Topliss-reactive ketones (excluding diaryl/α,β-unsaturated/α-hetero) is 4. The quantitative estimate of drug-likeness (QED) is 0.0716. The van der Waals surface area contributed by atoms with Crippen LogP contribution in [0.15, 0.2) is 84.9 Å². The van der Waals surface area contributed by atoms with E-state index in [2.05, 4.69) is 5.32 Å². The number of likely N-dealkylation sites (N-methyl/N-ethyl adjacent to an activating group) is 1. The number of nitrogens with one attached hydrogen (secondary N) is 1. The maximum absolute atomic E-state index is 14.9. The van der Waals surface area contributed by atoms with Crippen LogP contribution >= 0.6 is 11.6 Å². The molecule has 4 aromatic rings. The molecular formula is C55H67ClN6O9. The molecule has 378 valence electrons. The minimum absolute atomic E-state index is 0.0318. The maximum atomic E-state index is 14.9. The Morgan fingerprint density at radius 1 is 0.817 bits per heavy atom. The molecule has 6 rings (SSSR count). The van der Waals surface area contributed by atoms with Crippen molar-refractivity contribution < 1.29 is 43.0 Å². The predicted molar refractivity (Wildman–Crippen MR) is 273 cm³/mol. The van der Waals surface area contributed by atoms with Crippen molar-refractivity contribution in [3.63, 3.8) is 0 Å². The molecule has 0 radical (unpaired) electrons. The molecule has 3 amide bonds. The number of hydrogen-bond donors (Lipinski definition) is 4. The van der Waals surface area contributed by atoms with Crippen molar-refractivity contribution in [3.05, 3.63) is 107 Å². The van der Waals surface area contributed by atoms with Crippen molar-refractivity contribution in [2.24, 2.45) is 35.0 Å². The average molecular weight is 992 g/mol. The highest BCUT2D eigenvalue weighted by atomic mass is 35.5. The Labute approximate surface area is 421 Å². The van der Waals surface area contributed by atoms with Gasteiger partial charge in [-0.1, -0.05) is 74.0 Å². The summed E-state index contributed by atoms with van der Waals surface area (Å²) < 4.78 is 12.4. The number of rotatable bonds is 20. The lowest BCUT2D eigenvalue weighted by Crippen LogP contribution is -2.47. The van der Waals surface area contributed by atoms with E-state index >= 15 is 0 Å². The van der Waals surface area contributed by atoms with Crippen LogP contribution in [0, 0.1) is 17.8 Å². The minimum Gasteiger partial charge on any atom is -0.492 e. The number of amides is 3. The summed E-state index contributed by atoms with van der Waals surface area (Å²) >= 11 is 6.09. The first-order chi connectivity index (χ1) is 34.0. The van der Waals surface area contributed by atoms with Crippen LogP contribution in [0.4, 0.5) is 0 Å². The average Bonchev–Trinajstić information content (AvgIpc) is 3.87. The third kappa shape index (κ3) is 13.6. The molecule has 15 nitrogen and oxygen atoms in total. The Morgan fingerprint density at radius 2 is 1.44 bits per heavy atom. The Bertz CT molecular complexity index is 2570. The topological polar surface area (TPSA) is 235 Å². The first kappa shape index (κ1) is 54.1. The van der Waals surface area contributed by atoms with Crippen molar-refractivity contribution >= 4 is 52.5 Å². The molecule has 6 atom stereocenters. The number of ether oxygens (including phenoxy) is 2. The summed E-state index contributed by atoms with van der Waals surface area (Å²) in [5.41, 5.74) is 22.1. The largest absolute Gasteiger partial charge is 0.492 e. The third-order valence-electron chi connectivity index (χ3n) is 13.4. The Balaban J connectivity index is 1.37. The zero-order valence-corrected chi connectivity index (χ0v) is 41.9. The van der Waals surface area contributed by atoms with Gasteiger partial charge in [-0.2, -0.15) is 0 Å². The number of likely N-dealkylation sites (tertiary alicyclic amines) is 1. The monoisotopic (exact) mass is 990 g/mol. The van der Waals surface area contributed by atoms with Crippen LogP contribution in [0.3, 0.4) is 0 Å². The predicted octanol–water partition coefficient (Wildman–Crippen LogP) is 6.29. The van der Waals surface area contributed by atoms with E-state index in [0.29, 0.717) is 70.1 Å². The second-order valence-electron chi connectivity index (χ2n) is 18.8. The smallest absolute Gasteiger partial charge is 0.226 e. The van der Waals surface area contributed by atoms with Crippen LogP contribution in [0.1, 0.15) is 93.2 Å². The molecule has 2 heterocycles. The maximum Gasteiger partial charge on any atom is 0.226 e. The zero-order valence-electron chi connectivity index (χ0n) is 41.1. The SMILES string of the molecule is CC(=O)C1CCCN1C(=O)[C@H](C)CC(=O)[C@@H]1Cc2ccc(OCCN)c(c2)-c2cc(ccc2OCCN)[C@H](N(C)C(=O)[C@H](CCCN)CC(=O)c2ccc(-c3ccc(Cl)cc3)cc2)C(=O)C[C@@H](C)C(=O)N1. The number of carbonyl (C=O) groups excluding carboxylic acids is 7. The third-order valence-corrected chi connectivity index (χ3v) is 13.7. The minimum atomic E-state index is -1.25. The van der Waals surface area contributed by atoms with Crippen molar-refractivity contribution in [2.75, 3.05) is 46.4 Å². The number of benzene rings is 4. The van der Waals surface area contributed by atoms with Crippen LogP contribution in [-0.2, 0) is 35.2 Å². The molecule has 4 aromatic carbocycles. The highest BCUT2D eigenvalue weighted by molar-refractivity contribution is 6.30. The van der Waals surface area contributed by atoms with E-state index < -0.39 is 59.3 Å². The number of halogens is 1. The first-order valence-electron chi connectivity index (χ1n) is 24.5. The molecule has 4 bridgehead atoms. The van der Waals surface area contributed by atoms with Gasteiger partial charge in [-0.05, 0) is 104 Å². The van der Waals surface area contributed by atoms with Gasteiger partial charge < -0.3 is 41.8 Å². The van der Waals surface area contributed by atoms with Gasteiger partial charge in [-0.3, -0.25) is 33.6 Å². The number of nitrogens with zero attached hydrogens (tertiary/aromatic N) is 2. The Kier molecular flexibility index (Phi) is 19.2. The molecule has 1 fully saturated rings. The summed E-state index contributed by atoms with van der Waals surface area (Å²) in [7, 11) is 1.52. The summed E-state index contributed by atoms with van der Waals surface area (Å²) in [6, 6.07) is 22.1. The lowest BCUT2D eigenvalue weighted by atomic mass is 9.87. The van der Waals surface area contributed by atoms with Crippen LogP contribution in [0.25, 0.3) is 22.3 Å². The van der Waals surface area contributed by atoms with Crippen molar-refractivity contribution in [1.82, 2.24) is 15.1 Å². The molecule has 2 aliphatic rings. The molecule has 0 aliphatic carbocycles. The highest BCUT2D eigenvalue weighted by Gasteiger charge is 2.38. The van der Waals surface area contributed by atoms with E-state index in [9.17, 15) is 33.6 Å². The lowest BCUT2D eigenvalue weighted by Gasteiger charge is -2.32. The molecule has 1 saturated heterocycles. The number of hydrogen-bond acceptors (Lipinski definition) is 12. The van der Waals surface area contributed by atoms with Gasteiger partial charge in [-0.25, -0.2) is 0 Å². The second-order valence-corrected chi connectivity index (χ2v) is 19.2. The van der Waals surface area contributed by atoms with Gasteiger partial charge in [0.05, 0.1) is 12.1 Å². The summed E-state index contributed by atoms with van der Waals surface area (Å²) in [5, 5.41) is 3.51. The summed E-state index contributed by atoms with van der Waals surface area (Å²) in [4.78, 5) is 101. The van der Waals surface area contributed by atoms with Gasteiger partial charge in [0.25, 0.3) is 0 Å².